The molecule has 18 heavy (non-hydrogen) atoms. The molecule has 1 aliphatic carbocycles. The Morgan fingerprint density at radius 2 is 2.11 bits per heavy atom. The van der Waals surface area contributed by atoms with Crippen molar-refractivity contribution in [1.82, 2.24) is 0 Å². The van der Waals surface area contributed by atoms with Gasteiger partial charge in [-0.05, 0) is 30.9 Å². The zero-order chi connectivity index (χ0) is 13.0. The number of methoxy groups -OCH3 is 1. The highest BCUT2D eigenvalue weighted by Crippen LogP contribution is 2.27. The van der Waals surface area contributed by atoms with E-state index < -0.39 is 0 Å². The van der Waals surface area contributed by atoms with Gasteiger partial charge in [-0.15, -0.1) is 0 Å². The fourth-order valence-corrected chi connectivity index (χ4v) is 2.28. The molecule has 0 saturated heterocycles. The summed E-state index contributed by atoms with van der Waals surface area (Å²) in [5, 5.41) is 3.21. The summed E-state index contributed by atoms with van der Waals surface area (Å²) in [6, 6.07) is 4.43. The topological polar surface area (TPSA) is 38.3 Å². The molecule has 2 rings (SSSR count). The third-order valence-corrected chi connectivity index (χ3v) is 3.41. The quantitative estimate of drug-likeness (QED) is 0.894. The van der Waals surface area contributed by atoms with Crippen LogP contribution in [0.15, 0.2) is 18.2 Å². The van der Waals surface area contributed by atoms with Crippen LogP contribution in [0.3, 0.4) is 0 Å². The number of carbonyl (C=O) groups excluding carboxylic acids is 1. The van der Waals surface area contributed by atoms with E-state index in [0.29, 0.717) is 36.0 Å². The van der Waals surface area contributed by atoms with Gasteiger partial charge in [-0.3, -0.25) is 4.79 Å². The zero-order valence-corrected chi connectivity index (χ0v) is 10.5. The number of ether oxygens (including phenoxy) is 1. The van der Waals surface area contributed by atoms with Crippen LogP contribution >= 0.6 is 0 Å². The molecule has 0 amide bonds. The first-order valence-corrected chi connectivity index (χ1v) is 6.28. The highest BCUT2D eigenvalue weighted by molar-refractivity contribution is 5.79. The second kappa shape index (κ2) is 5.85. The van der Waals surface area contributed by atoms with Crippen molar-refractivity contribution in [3.63, 3.8) is 0 Å². The third-order valence-electron chi connectivity index (χ3n) is 3.41. The maximum atomic E-state index is 13.2. The van der Waals surface area contributed by atoms with Crippen LogP contribution in [0.1, 0.15) is 25.7 Å². The number of benzene rings is 1. The van der Waals surface area contributed by atoms with Gasteiger partial charge in [0.05, 0.1) is 12.8 Å². The van der Waals surface area contributed by atoms with E-state index in [9.17, 15) is 9.18 Å². The molecule has 1 saturated carbocycles. The lowest BCUT2D eigenvalue weighted by molar-refractivity contribution is -0.120. The summed E-state index contributed by atoms with van der Waals surface area (Å²) in [7, 11) is 1.57. The maximum absolute atomic E-state index is 13.2. The normalized spacial score (nSPS) is 16.7. The molecule has 1 aromatic rings. The number of hydrogen-bond acceptors (Lipinski definition) is 3. The van der Waals surface area contributed by atoms with Gasteiger partial charge < -0.3 is 10.1 Å². The Morgan fingerprint density at radius 1 is 1.39 bits per heavy atom. The van der Waals surface area contributed by atoms with Gasteiger partial charge in [-0.1, -0.05) is 0 Å². The van der Waals surface area contributed by atoms with Crippen LogP contribution in [0, 0.1) is 11.7 Å². The molecule has 4 heteroatoms. The standard InChI is InChI=1S/C14H18FNO2/c1-18-14-7-4-11(15)8-13(14)16-9-10-2-5-12(17)6-3-10/h4,7-8,10,16H,2-3,5-6,9H2,1H3. The van der Waals surface area contributed by atoms with Gasteiger partial charge in [0.15, 0.2) is 0 Å². The van der Waals surface area contributed by atoms with Crippen molar-refractivity contribution in [1.29, 1.82) is 0 Å². The van der Waals surface area contributed by atoms with Crippen LogP contribution in [-0.2, 0) is 4.79 Å². The Balaban J connectivity index is 1.93. The number of Topliss-reactive ketones (excluding diaryl/α,β-unsaturated/α-hetero) is 1. The Labute approximate surface area is 106 Å². The molecule has 1 fully saturated rings. The molecule has 0 radical (unpaired) electrons. The van der Waals surface area contributed by atoms with E-state index >= 15 is 0 Å². The Kier molecular flexibility index (Phi) is 4.18. The number of nitrogens with one attached hydrogen (secondary N) is 1. The van der Waals surface area contributed by atoms with Crippen molar-refractivity contribution < 1.29 is 13.9 Å². The van der Waals surface area contributed by atoms with Gasteiger partial charge in [0.2, 0.25) is 0 Å². The molecule has 1 N–H and O–H groups in total. The highest BCUT2D eigenvalue weighted by Gasteiger charge is 2.18. The smallest absolute Gasteiger partial charge is 0.142 e. The number of halogens is 1. The molecule has 1 aromatic carbocycles. The minimum Gasteiger partial charge on any atom is -0.495 e. The molecule has 98 valence electrons. The van der Waals surface area contributed by atoms with Gasteiger partial charge in [-0.2, -0.15) is 0 Å². The molecule has 0 aliphatic heterocycles. The molecule has 3 nitrogen and oxygen atoms in total. The van der Waals surface area contributed by atoms with Crippen molar-refractivity contribution in [2.75, 3.05) is 19.0 Å². The summed E-state index contributed by atoms with van der Waals surface area (Å²) < 4.78 is 18.3. The lowest BCUT2D eigenvalue weighted by Crippen LogP contribution is -2.21. The number of anilines is 1. The van der Waals surface area contributed by atoms with Gasteiger partial charge in [0.1, 0.15) is 17.3 Å². The Bertz CT molecular complexity index is 424. The van der Waals surface area contributed by atoms with E-state index in [0.717, 1.165) is 19.4 Å². The number of rotatable bonds is 4. The summed E-state index contributed by atoms with van der Waals surface area (Å²) in [5.74, 6) is 1.20. The van der Waals surface area contributed by atoms with Crippen LogP contribution in [-0.4, -0.2) is 19.4 Å². The first kappa shape index (κ1) is 12.9. The van der Waals surface area contributed by atoms with Crippen LogP contribution in [0.2, 0.25) is 0 Å². The third kappa shape index (κ3) is 3.22. The predicted octanol–water partition coefficient (Wildman–Crippen LogP) is 3.01. The lowest BCUT2D eigenvalue weighted by atomic mass is 9.88. The average molecular weight is 251 g/mol. The van der Waals surface area contributed by atoms with E-state index in [1.165, 1.54) is 12.1 Å². The summed E-state index contributed by atoms with van der Waals surface area (Å²) in [5.41, 5.74) is 0.675. The lowest BCUT2D eigenvalue weighted by Gasteiger charge is -2.22. The van der Waals surface area contributed by atoms with E-state index in [2.05, 4.69) is 5.32 Å². The molecule has 0 aromatic heterocycles. The molecule has 0 heterocycles. The van der Waals surface area contributed by atoms with E-state index in [4.69, 9.17) is 4.74 Å². The number of hydrogen-bond donors (Lipinski definition) is 1. The summed E-state index contributed by atoms with van der Waals surface area (Å²) in [4.78, 5) is 11.1. The molecule has 1 aliphatic rings. The minimum absolute atomic E-state index is 0.280. The Morgan fingerprint density at radius 3 is 2.78 bits per heavy atom. The van der Waals surface area contributed by atoms with Crippen LogP contribution in [0.5, 0.6) is 5.75 Å². The SMILES string of the molecule is COc1ccc(F)cc1NCC1CCC(=O)CC1. The van der Waals surface area contributed by atoms with Gasteiger partial charge in [-0.25, -0.2) is 4.39 Å². The predicted molar refractivity (Wildman–Crippen MR) is 68.4 cm³/mol. The van der Waals surface area contributed by atoms with Crippen LogP contribution in [0.25, 0.3) is 0 Å². The average Bonchev–Trinajstić information content (AvgIpc) is 2.38. The summed E-state index contributed by atoms with van der Waals surface area (Å²) in [6.45, 7) is 0.757. The molecular weight excluding hydrogens is 233 g/mol. The molecule has 0 unspecified atom stereocenters. The van der Waals surface area contributed by atoms with Gasteiger partial charge >= 0.3 is 0 Å². The van der Waals surface area contributed by atoms with Crippen molar-refractivity contribution in [3.05, 3.63) is 24.0 Å². The van der Waals surface area contributed by atoms with Crippen molar-refractivity contribution >= 4 is 11.5 Å². The molecular formula is C14H18FNO2. The minimum atomic E-state index is -0.280. The van der Waals surface area contributed by atoms with E-state index in [1.807, 2.05) is 0 Å². The van der Waals surface area contributed by atoms with Gasteiger partial charge in [0.25, 0.3) is 0 Å². The largest absolute Gasteiger partial charge is 0.495 e. The van der Waals surface area contributed by atoms with Crippen molar-refractivity contribution in [3.8, 4) is 5.75 Å². The highest BCUT2D eigenvalue weighted by atomic mass is 19.1. The van der Waals surface area contributed by atoms with E-state index in [1.54, 1.807) is 13.2 Å². The monoisotopic (exact) mass is 251 g/mol. The second-order valence-electron chi connectivity index (χ2n) is 4.71. The maximum Gasteiger partial charge on any atom is 0.142 e. The summed E-state index contributed by atoms with van der Waals surface area (Å²) in [6.07, 6.45) is 3.19. The fourth-order valence-electron chi connectivity index (χ4n) is 2.28. The van der Waals surface area contributed by atoms with Crippen molar-refractivity contribution in [2.45, 2.75) is 25.7 Å². The van der Waals surface area contributed by atoms with Crippen LogP contribution in [0.4, 0.5) is 10.1 Å². The fraction of sp³-hybridized carbons (Fsp3) is 0.500. The van der Waals surface area contributed by atoms with E-state index in [-0.39, 0.29) is 5.82 Å². The molecule has 0 spiro atoms. The number of ketones is 1. The molecule has 0 bridgehead atoms. The van der Waals surface area contributed by atoms with Crippen LogP contribution < -0.4 is 10.1 Å². The summed E-state index contributed by atoms with van der Waals surface area (Å²) >= 11 is 0. The van der Waals surface area contributed by atoms with Gasteiger partial charge in [0, 0.05) is 25.5 Å². The van der Waals surface area contributed by atoms with Crippen molar-refractivity contribution in [2.24, 2.45) is 5.92 Å². The Hall–Kier alpha value is -1.58. The first-order chi connectivity index (χ1) is 8.69. The zero-order valence-electron chi connectivity index (χ0n) is 10.5. The molecule has 0 atom stereocenters. The second-order valence-corrected chi connectivity index (χ2v) is 4.71. The number of carbonyl (C=O) groups is 1. The first-order valence-electron chi connectivity index (χ1n) is 6.28.